The first-order valence-corrected chi connectivity index (χ1v) is 25.7. The van der Waals surface area contributed by atoms with Gasteiger partial charge in [-0.3, -0.25) is 33.6 Å². The molecule has 7 atom stereocenters. The lowest BCUT2D eigenvalue weighted by molar-refractivity contribution is -0.143. The van der Waals surface area contributed by atoms with Gasteiger partial charge in [0.1, 0.15) is 36.0 Å². The molecule has 3 unspecified atom stereocenters. The molecule has 67 heavy (non-hydrogen) atoms. The van der Waals surface area contributed by atoms with Crippen LogP contribution in [0.25, 0.3) is 0 Å². The summed E-state index contributed by atoms with van der Waals surface area (Å²) in [6.07, 6.45) is 16.2. The summed E-state index contributed by atoms with van der Waals surface area (Å²) in [4.78, 5) is 96.4. The van der Waals surface area contributed by atoms with Gasteiger partial charge in [0.05, 0.1) is 0 Å². The minimum absolute atomic E-state index is 0.0580. The number of amides is 7. The van der Waals surface area contributed by atoms with Crippen molar-refractivity contribution >= 4 is 41.4 Å². The fraction of sp³-hybridized carbons (Fsp3) is 0.745. The van der Waals surface area contributed by atoms with Gasteiger partial charge in [0, 0.05) is 39.5 Å². The molecule has 16 nitrogen and oxygen atoms in total. The number of nitrogens with zero attached hydrogens (tertiary/aromatic N) is 2. The predicted octanol–water partition coefficient (Wildman–Crippen LogP) is 5.14. The van der Waals surface area contributed by atoms with E-state index in [1.807, 2.05) is 0 Å². The van der Waals surface area contributed by atoms with Crippen molar-refractivity contribution < 1.29 is 38.7 Å². The van der Waals surface area contributed by atoms with E-state index in [1.165, 1.54) is 67.4 Å². The molecular weight excluding hydrogens is 853 g/mol. The highest BCUT2D eigenvalue weighted by molar-refractivity contribution is 5.96. The van der Waals surface area contributed by atoms with Crippen LogP contribution in [0.15, 0.2) is 24.3 Å². The van der Waals surface area contributed by atoms with Gasteiger partial charge in [-0.15, -0.1) is 0 Å². The van der Waals surface area contributed by atoms with Gasteiger partial charge in [0.15, 0.2) is 0 Å². The average Bonchev–Trinajstić information content (AvgIpc) is 4.02. The Balaban J connectivity index is 1.51. The zero-order valence-electron chi connectivity index (χ0n) is 41.5. The summed E-state index contributed by atoms with van der Waals surface area (Å²) in [6, 6.07) is 2.08. The third-order valence-electron chi connectivity index (χ3n) is 13.4. The van der Waals surface area contributed by atoms with Gasteiger partial charge in [-0.2, -0.15) is 0 Å². The van der Waals surface area contributed by atoms with Gasteiger partial charge >= 0.3 is 0 Å². The maximum atomic E-state index is 14.2. The molecule has 2 aliphatic rings. The second-order valence-corrected chi connectivity index (χ2v) is 19.2. The Morgan fingerprint density at radius 3 is 1.87 bits per heavy atom. The molecule has 0 radical (unpaired) electrons. The number of benzene rings is 1. The fourth-order valence-electron chi connectivity index (χ4n) is 9.30. The normalized spacial score (nSPS) is 18.1. The molecule has 0 saturated carbocycles. The molecule has 1 aromatic carbocycles. The Morgan fingerprint density at radius 2 is 1.25 bits per heavy atom. The molecule has 3 rings (SSSR count). The van der Waals surface area contributed by atoms with Crippen molar-refractivity contribution in [2.45, 2.75) is 200 Å². The van der Waals surface area contributed by atoms with Gasteiger partial charge in [0.2, 0.25) is 41.4 Å². The first kappa shape index (κ1) is 56.6. The second-order valence-electron chi connectivity index (χ2n) is 19.2. The lowest BCUT2D eigenvalue weighted by atomic mass is 9.91. The smallest absolute Gasteiger partial charge is 0.245 e. The van der Waals surface area contributed by atoms with Gasteiger partial charge in [-0.25, -0.2) is 0 Å². The molecule has 1 aromatic rings. The summed E-state index contributed by atoms with van der Waals surface area (Å²) in [7, 11) is 0. The summed E-state index contributed by atoms with van der Waals surface area (Å²) in [5, 5.41) is 24.2. The van der Waals surface area contributed by atoms with E-state index < -0.39 is 47.9 Å². The van der Waals surface area contributed by atoms with E-state index in [0.29, 0.717) is 90.4 Å². The van der Waals surface area contributed by atoms with Gasteiger partial charge in [0.25, 0.3) is 0 Å². The molecule has 2 aliphatic heterocycles. The molecule has 16 heteroatoms. The maximum absolute atomic E-state index is 14.2. The summed E-state index contributed by atoms with van der Waals surface area (Å²) >= 11 is 0. The Hall–Kier alpha value is -4.73. The summed E-state index contributed by atoms with van der Waals surface area (Å²) in [5.74, 6) is -0.723. The fourth-order valence-corrected chi connectivity index (χ4v) is 9.30. The van der Waals surface area contributed by atoms with Crippen molar-refractivity contribution in [3.8, 4) is 5.75 Å². The molecule has 0 aromatic heterocycles. The molecule has 2 saturated heterocycles. The lowest BCUT2D eigenvalue weighted by Gasteiger charge is -2.31. The van der Waals surface area contributed by atoms with Crippen molar-refractivity contribution in [2.24, 2.45) is 17.6 Å². The van der Waals surface area contributed by atoms with Gasteiger partial charge in [-0.1, -0.05) is 84.8 Å². The van der Waals surface area contributed by atoms with Gasteiger partial charge < -0.3 is 47.2 Å². The number of nitrogens with one attached hydrogen (secondary N) is 5. The first-order chi connectivity index (χ1) is 32.2. The molecule has 8 N–H and O–H groups in total. The third kappa shape index (κ3) is 20.6. The molecule has 0 aliphatic carbocycles. The zero-order chi connectivity index (χ0) is 49.1. The van der Waals surface area contributed by atoms with Crippen LogP contribution < -0.4 is 32.3 Å². The Morgan fingerprint density at radius 1 is 0.657 bits per heavy atom. The van der Waals surface area contributed by atoms with E-state index in [0.717, 1.165) is 36.7 Å². The Bertz CT molecular complexity index is 1690. The van der Waals surface area contributed by atoms with Crippen LogP contribution >= 0.6 is 0 Å². The number of phenolic OH excluding ortho intramolecular Hbond substituents is 1. The van der Waals surface area contributed by atoms with E-state index >= 15 is 0 Å². The number of aromatic hydroxyl groups is 1. The first-order valence-electron chi connectivity index (χ1n) is 25.7. The summed E-state index contributed by atoms with van der Waals surface area (Å²) in [5.41, 5.74) is 6.68. The van der Waals surface area contributed by atoms with E-state index in [1.54, 1.807) is 19.1 Å². The highest BCUT2D eigenvalue weighted by Crippen LogP contribution is 2.23. The van der Waals surface area contributed by atoms with Crippen LogP contribution in [0.2, 0.25) is 0 Å². The van der Waals surface area contributed by atoms with Crippen molar-refractivity contribution in [3.05, 3.63) is 29.8 Å². The quantitative estimate of drug-likeness (QED) is 0.0474. The van der Waals surface area contributed by atoms with Crippen LogP contribution in [0.5, 0.6) is 5.75 Å². The maximum Gasteiger partial charge on any atom is 0.245 e. The average molecular weight is 939 g/mol. The topological polar surface area (TPSA) is 232 Å². The van der Waals surface area contributed by atoms with Crippen LogP contribution in [0.3, 0.4) is 0 Å². The predicted molar refractivity (Wildman–Crippen MR) is 261 cm³/mol. The minimum Gasteiger partial charge on any atom is -0.508 e. The molecular formula is C51H86N8O8. The number of hydrogen-bond donors (Lipinski definition) is 7. The van der Waals surface area contributed by atoms with Crippen LogP contribution in [0.4, 0.5) is 0 Å². The van der Waals surface area contributed by atoms with E-state index in [4.69, 9.17) is 5.73 Å². The number of aryl methyl sites for hydroxylation is 1. The van der Waals surface area contributed by atoms with Crippen molar-refractivity contribution in [2.75, 3.05) is 32.7 Å². The molecule has 2 heterocycles. The second kappa shape index (κ2) is 31.3. The standard InChI is InChI=1S/C51H86N8O8/c1-6-36(3)35-37(4)19-12-10-8-9-11-13-23-46(62)53-31-14-15-32-54-48(64)44-21-17-33-58(44)51(67)43(20-16-30-52)57-47(63)42(29-26-39-24-27-40(61)28-25-39)56-49(65)45-22-18-34-59(45)50(66)41(7-2)55-38(5)60/h24-25,27-28,36-37,41-45,61H,6-23,26,29-35,52H2,1-5H3,(H,53,62)(H,54,64)(H,55,60)(H,56,65)(H,57,63)/t36?,37?,41-,42-,43-,44?,45-/m0/s1. The minimum atomic E-state index is -1.09. The summed E-state index contributed by atoms with van der Waals surface area (Å²) < 4.78 is 0. The number of phenols is 1. The van der Waals surface area contributed by atoms with Crippen molar-refractivity contribution in [1.29, 1.82) is 0 Å². The van der Waals surface area contributed by atoms with Crippen molar-refractivity contribution in [1.82, 2.24) is 36.4 Å². The third-order valence-corrected chi connectivity index (χ3v) is 13.4. The monoisotopic (exact) mass is 939 g/mol. The number of carbonyl (C=O) groups is 7. The highest BCUT2D eigenvalue weighted by Gasteiger charge is 2.40. The number of hydrogen-bond acceptors (Lipinski definition) is 9. The largest absolute Gasteiger partial charge is 0.508 e. The molecule has 2 fully saturated rings. The van der Waals surface area contributed by atoms with Crippen LogP contribution in [0, 0.1) is 11.8 Å². The van der Waals surface area contributed by atoms with E-state index in [9.17, 15) is 38.7 Å². The van der Waals surface area contributed by atoms with E-state index in [2.05, 4.69) is 47.4 Å². The molecule has 0 bridgehead atoms. The number of likely N-dealkylation sites (tertiary alicyclic amines) is 2. The highest BCUT2D eigenvalue weighted by atomic mass is 16.3. The molecule has 7 amide bonds. The Labute approximate surface area is 400 Å². The number of rotatable bonds is 32. The van der Waals surface area contributed by atoms with Gasteiger partial charge in [-0.05, 0) is 120 Å². The Kier molecular flexibility index (Phi) is 26.5. The van der Waals surface area contributed by atoms with E-state index in [-0.39, 0.29) is 48.8 Å². The number of unbranched alkanes of at least 4 members (excludes halogenated alkanes) is 6. The SMILES string of the molecule is CCC(C)CC(C)CCCCCCCCC(=O)NCCCCNC(=O)C1CCCN1C(=O)[C@H](CCCN)NC(=O)[C@H](CCc1ccc(O)cc1)NC(=O)[C@@H]1CCCN1C(=O)[C@H](CC)NC(C)=O. The van der Waals surface area contributed by atoms with Crippen LogP contribution in [-0.2, 0) is 40.0 Å². The van der Waals surface area contributed by atoms with Crippen LogP contribution in [-0.4, -0.2) is 119 Å². The number of nitrogens with two attached hydrogens (primary N) is 1. The molecule has 378 valence electrons. The zero-order valence-corrected chi connectivity index (χ0v) is 41.5. The van der Waals surface area contributed by atoms with Crippen molar-refractivity contribution in [3.63, 3.8) is 0 Å². The lowest BCUT2D eigenvalue weighted by Crippen LogP contribution is -2.58. The molecule has 0 spiro atoms. The number of carbonyl (C=O) groups excluding carboxylic acids is 7. The van der Waals surface area contributed by atoms with Crippen LogP contribution in [0.1, 0.15) is 169 Å². The summed E-state index contributed by atoms with van der Waals surface area (Å²) in [6.45, 7) is 12.0.